The summed E-state index contributed by atoms with van der Waals surface area (Å²) in [5.74, 6) is 0.905. The van der Waals surface area contributed by atoms with E-state index in [1.807, 2.05) is 54.3 Å². The summed E-state index contributed by atoms with van der Waals surface area (Å²) in [6, 6.07) is 17.1. The second-order valence-electron chi connectivity index (χ2n) is 5.97. The van der Waals surface area contributed by atoms with E-state index in [1.165, 1.54) is 0 Å². The van der Waals surface area contributed by atoms with E-state index in [0.717, 1.165) is 11.3 Å². The first-order valence-corrected chi connectivity index (χ1v) is 7.97. The minimum Gasteiger partial charge on any atom is -0.384 e. The Bertz CT molecular complexity index is 913. The second-order valence-corrected chi connectivity index (χ2v) is 5.97. The maximum absolute atomic E-state index is 13.0. The summed E-state index contributed by atoms with van der Waals surface area (Å²) >= 11 is 0. The predicted octanol–water partition coefficient (Wildman–Crippen LogP) is 2.48. The number of benzene rings is 2. The fourth-order valence-electron chi connectivity index (χ4n) is 2.91. The highest BCUT2D eigenvalue weighted by Crippen LogP contribution is 2.27. The van der Waals surface area contributed by atoms with Crippen molar-refractivity contribution in [2.45, 2.75) is 6.92 Å². The first kappa shape index (κ1) is 15.1. The third-order valence-corrected chi connectivity index (χ3v) is 4.30. The van der Waals surface area contributed by atoms with E-state index < -0.39 is 0 Å². The van der Waals surface area contributed by atoms with Crippen LogP contribution in [0.5, 0.6) is 0 Å². The molecule has 2 N–H and O–H groups in total. The number of rotatable bonds is 2. The van der Waals surface area contributed by atoms with E-state index >= 15 is 0 Å². The molecule has 0 spiro atoms. The third-order valence-electron chi connectivity index (χ3n) is 4.30. The van der Waals surface area contributed by atoms with Crippen LogP contribution in [0.4, 0.5) is 5.69 Å². The first-order chi connectivity index (χ1) is 12.1. The van der Waals surface area contributed by atoms with E-state index in [-0.39, 0.29) is 12.6 Å². The van der Waals surface area contributed by atoms with Crippen LogP contribution < -0.4 is 10.6 Å². The number of amidine groups is 1. The van der Waals surface area contributed by atoms with Gasteiger partial charge in [-0.1, -0.05) is 35.9 Å². The summed E-state index contributed by atoms with van der Waals surface area (Å²) < 4.78 is 0. The Morgan fingerprint density at radius 1 is 1.08 bits per heavy atom. The summed E-state index contributed by atoms with van der Waals surface area (Å²) in [6.45, 7) is 2.32. The van der Waals surface area contributed by atoms with E-state index in [9.17, 15) is 4.79 Å². The van der Waals surface area contributed by atoms with Gasteiger partial charge in [-0.3, -0.25) is 9.69 Å². The second kappa shape index (κ2) is 5.90. The number of carbonyl (C=O) groups is 1. The molecular weight excluding hydrogens is 314 g/mol. The molecule has 6 nitrogen and oxygen atoms in total. The molecule has 2 aliphatic heterocycles. The van der Waals surface area contributed by atoms with Crippen LogP contribution in [-0.2, 0) is 0 Å². The number of hydrogen-bond donors (Lipinski definition) is 1. The molecule has 2 aromatic rings. The molecule has 25 heavy (non-hydrogen) atoms. The van der Waals surface area contributed by atoms with Gasteiger partial charge in [-0.05, 0) is 31.2 Å². The molecule has 2 aliphatic rings. The van der Waals surface area contributed by atoms with Gasteiger partial charge in [-0.2, -0.15) is 5.10 Å². The molecule has 0 atom stereocenters. The molecule has 0 saturated heterocycles. The van der Waals surface area contributed by atoms with E-state index in [2.05, 4.69) is 10.2 Å². The highest BCUT2D eigenvalue weighted by Gasteiger charge is 2.35. The maximum atomic E-state index is 13.0. The lowest BCUT2D eigenvalue weighted by Crippen LogP contribution is -2.51. The number of aryl methyl sites for hydroxylation is 1. The quantitative estimate of drug-likeness (QED) is 0.919. The number of carbonyl (C=O) groups excluding carboxylic acids is 1. The van der Waals surface area contributed by atoms with Crippen LogP contribution in [0.15, 0.2) is 76.2 Å². The molecule has 124 valence electrons. The summed E-state index contributed by atoms with van der Waals surface area (Å²) in [5.41, 5.74) is 9.67. The Labute approximate surface area is 145 Å². The van der Waals surface area contributed by atoms with Crippen molar-refractivity contribution in [3.05, 3.63) is 77.1 Å². The van der Waals surface area contributed by atoms with Gasteiger partial charge in [0.25, 0.3) is 5.91 Å². The number of hydrogen-bond acceptors (Lipinski definition) is 5. The molecule has 0 fully saturated rings. The molecule has 0 aliphatic carbocycles. The van der Waals surface area contributed by atoms with Crippen LogP contribution in [0.2, 0.25) is 0 Å². The van der Waals surface area contributed by atoms with Crippen molar-refractivity contribution in [1.82, 2.24) is 4.90 Å². The van der Waals surface area contributed by atoms with Gasteiger partial charge in [0, 0.05) is 11.3 Å². The molecule has 0 unspecified atom stereocenters. The molecule has 4 rings (SSSR count). The molecule has 0 saturated carbocycles. The first-order valence-electron chi connectivity index (χ1n) is 7.97. The number of nitrogens with zero attached hydrogens (tertiary/aromatic N) is 4. The van der Waals surface area contributed by atoms with Crippen molar-refractivity contribution in [2.75, 3.05) is 11.6 Å². The maximum Gasteiger partial charge on any atom is 0.261 e. The van der Waals surface area contributed by atoms with Crippen molar-refractivity contribution in [3.8, 4) is 0 Å². The molecule has 0 radical (unpaired) electrons. The minimum absolute atomic E-state index is 0.132. The monoisotopic (exact) mass is 331 g/mol. The topological polar surface area (TPSA) is 74.3 Å². The van der Waals surface area contributed by atoms with Crippen LogP contribution in [0.3, 0.4) is 0 Å². The van der Waals surface area contributed by atoms with Crippen molar-refractivity contribution >= 4 is 23.6 Å². The minimum atomic E-state index is -0.132. The Balaban J connectivity index is 1.75. The highest BCUT2D eigenvalue weighted by molar-refractivity contribution is 6.24. The molecule has 1 amide bonds. The van der Waals surface area contributed by atoms with E-state index in [0.29, 0.717) is 22.8 Å². The fraction of sp³-hybridized carbons (Fsp3) is 0.105. The average molecular weight is 331 g/mol. The van der Waals surface area contributed by atoms with Crippen LogP contribution in [0.1, 0.15) is 15.9 Å². The van der Waals surface area contributed by atoms with Crippen molar-refractivity contribution in [2.24, 2.45) is 15.9 Å². The summed E-state index contributed by atoms with van der Waals surface area (Å²) in [4.78, 5) is 16.5. The van der Waals surface area contributed by atoms with Crippen LogP contribution in [-0.4, -0.2) is 29.5 Å². The van der Waals surface area contributed by atoms with Gasteiger partial charge in [-0.25, -0.2) is 0 Å². The molecule has 6 heteroatoms. The molecular formula is C19H17N5O. The van der Waals surface area contributed by atoms with Gasteiger partial charge in [-0.15, -0.1) is 5.10 Å². The molecule has 0 bridgehead atoms. The molecule has 2 heterocycles. The van der Waals surface area contributed by atoms with Gasteiger partial charge in [0.05, 0.1) is 11.8 Å². The largest absolute Gasteiger partial charge is 0.384 e. The fourth-order valence-corrected chi connectivity index (χ4v) is 2.91. The normalized spacial score (nSPS) is 16.1. The van der Waals surface area contributed by atoms with Crippen molar-refractivity contribution in [3.63, 3.8) is 0 Å². The summed E-state index contributed by atoms with van der Waals surface area (Å²) in [7, 11) is 0. The van der Waals surface area contributed by atoms with Crippen molar-refractivity contribution < 1.29 is 4.79 Å². The number of fused-ring (bicyclic) bond motifs is 1. The number of anilines is 1. The zero-order valence-corrected chi connectivity index (χ0v) is 13.8. The smallest absolute Gasteiger partial charge is 0.261 e. The van der Waals surface area contributed by atoms with Gasteiger partial charge in [0.2, 0.25) is 0 Å². The number of nitrogens with two attached hydrogens (primary N) is 1. The van der Waals surface area contributed by atoms with Gasteiger partial charge >= 0.3 is 0 Å². The third kappa shape index (κ3) is 2.57. The van der Waals surface area contributed by atoms with Gasteiger partial charge < -0.3 is 10.6 Å². The van der Waals surface area contributed by atoms with Gasteiger partial charge in [0.15, 0.2) is 5.84 Å². The van der Waals surface area contributed by atoms with Crippen LogP contribution >= 0.6 is 0 Å². The number of amides is 1. The van der Waals surface area contributed by atoms with E-state index in [4.69, 9.17) is 5.73 Å². The lowest BCUT2D eigenvalue weighted by Gasteiger charge is -2.37. The Kier molecular flexibility index (Phi) is 3.57. The van der Waals surface area contributed by atoms with Crippen LogP contribution in [0.25, 0.3) is 0 Å². The lowest BCUT2D eigenvalue weighted by molar-refractivity contribution is 0.0846. The summed E-state index contributed by atoms with van der Waals surface area (Å²) in [6.07, 6.45) is 1.59. The Morgan fingerprint density at radius 3 is 2.52 bits per heavy atom. The standard InChI is InChI=1S/C19H17N5O/c1-13-7-9-15(10-8-13)23-12-24(18-16(17(23)20)11-21-22-18)19(25)14-5-3-2-4-6-14/h2-11H,12,20H2,1H3. The Morgan fingerprint density at radius 2 is 1.80 bits per heavy atom. The summed E-state index contributed by atoms with van der Waals surface area (Å²) in [5, 5.41) is 8.06. The Hall–Kier alpha value is -3.41. The average Bonchev–Trinajstić information content (AvgIpc) is 3.14. The van der Waals surface area contributed by atoms with Crippen molar-refractivity contribution in [1.29, 1.82) is 0 Å². The molecule has 2 aromatic carbocycles. The van der Waals surface area contributed by atoms with E-state index in [1.54, 1.807) is 23.2 Å². The zero-order chi connectivity index (χ0) is 17.4. The highest BCUT2D eigenvalue weighted by atomic mass is 16.2. The zero-order valence-electron chi connectivity index (χ0n) is 13.8. The van der Waals surface area contributed by atoms with Crippen LogP contribution in [0, 0.1) is 6.92 Å². The van der Waals surface area contributed by atoms with Gasteiger partial charge in [0.1, 0.15) is 12.5 Å². The molecule has 0 aromatic heterocycles. The SMILES string of the molecule is Cc1ccc(N2CN(C(=O)c3ccccc3)C3=NN=CC3=C2N)cc1. The lowest BCUT2D eigenvalue weighted by atomic mass is 10.1. The predicted molar refractivity (Wildman–Crippen MR) is 98.3 cm³/mol.